The number of aliphatic hydroxyl groups is 2. The highest BCUT2D eigenvalue weighted by molar-refractivity contribution is 7.86. The van der Waals surface area contributed by atoms with Crippen molar-refractivity contribution >= 4 is 36.9 Å². The van der Waals surface area contributed by atoms with Crippen molar-refractivity contribution in [1.82, 2.24) is 0 Å². The highest BCUT2D eigenvalue weighted by Gasteiger charge is 2.56. The molecular formula is C15H26O20S3. The van der Waals surface area contributed by atoms with Crippen LogP contribution in [-0.4, -0.2) is 144 Å². The van der Waals surface area contributed by atoms with Crippen molar-refractivity contribution in [2.24, 2.45) is 0 Å². The lowest BCUT2D eigenvalue weighted by Gasteiger charge is -2.47. The van der Waals surface area contributed by atoms with E-state index in [1.807, 2.05) is 0 Å². The van der Waals surface area contributed by atoms with Crippen LogP contribution < -0.4 is 0 Å². The molecule has 2 fully saturated rings. The molecule has 0 amide bonds. The van der Waals surface area contributed by atoms with E-state index in [1.54, 1.807) is 0 Å². The minimum Gasteiger partial charge on any atom is -0.479 e. The van der Waals surface area contributed by atoms with Crippen LogP contribution >= 0.6 is 0 Å². The SMILES string of the molecule is CO[C@@H]1[C@H](OC)[C@@H](O)O[C@@H](C(=O)O)[C@H]1O[C@H]1O[C@H](COS(=O)(=O)O)[C@@H](O)[C@H](OS(=O)(=O)O)[C@H]1OS(C)(=O)=O. The number of aliphatic carboxylic acids is 1. The fraction of sp³-hybridized carbons (Fsp3) is 0.933. The summed E-state index contributed by atoms with van der Waals surface area (Å²) in [6.07, 6.45) is -19.6. The zero-order chi connectivity index (χ0) is 29.2. The van der Waals surface area contributed by atoms with Gasteiger partial charge < -0.3 is 39.0 Å². The first-order valence-electron chi connectivity index (χ1n) is 10.0. The quantitative estimate of drug-likeness (QED) is 0.101. The maximum Gasteiger partial charge on any atom is 0.397 e. The molecule has 5 N–H and O–H groups in total. The Morgan fingerprint density at radius 2 is 1.39 bits per heavy atom. The lowest BCUT2D eigenvalue weighted by atomic mass is 9.96. The Morgan fingerprint density at radius 3 is 1.84 bits per heavy atom. The summed E-state index contributed by atoms with van der Waals surface area (Å²) >= 11 is 0. The Balaban J connectivity index is 2.58. The number of aliphatic hydroxyl groups excluding tert-OH is 2. The maximum absolute atomic E-state index is 11.9. The molecule has 0 saturated carbocycles. The molecule has 0 bridgehead atoms. The van der Waals surface area contributed by atoms with Gasteiger partial charge in [-0.25, -0.2) is 13.2 Å². The predicted molar refractivity (Wildman–Crippen MR) is 113 cm³/mol. The topological polar surface area (TPSA) is 294 Å². The molecule has 20 nitrogen and oxygen atoms in total. The first-order valence-corrected chi connectivity index (χ1v) is 14.6. The van der Waals surface area contributed by atoms with Gasteiger partial charge in [-0.3, -0.25) is 13.3 Å². The summed E-state index contributed by atoms with van der Waals surface area (Å²) in [6, 6.07) is 0. The Labute approximate surface area is 216 Å². The zero-order valence-electron chi connectivity index (χ0n) is 19.6. The van der Waals surface area contributed by atoms with Crippen molar-refractivity contribution in [3.63, 3.8) is 0 Å². The van der Waals surface area contributed by atoms with Gasteiger partial charge in [-0.15, -0.1) is 0 Å². The smallest absolute Gasteiger partial charge is 0.397 e. The van der Waals surface area contributed by atoms with E-state index in [-0.39, 0.29) is 0 Å². The van der Waals surface area contributed by atoms with E-state index in [4.69, 9.17) is 32.4 Å². The number of carboxylic acid groups (broad SMARTS) is 1. The number of hydrogen-bond acceptors (Lipinski definition) is 17. The monoisotopic (exact) mass is 622 g/mol. The molecule has 10 atom stereocenters. The van der Waals surface area contributed by atoms with Crippen LogP contribution in [0.2, 0.25) is 0 Å². The maximum atomic E-state index is 11.9. The molecule has 0 unspecified atom stereocenters. The van der Waals surface area contributed by atoms with Crippen molar-refractivity contribution in [3.8, 4) is 0 Å². The van der Waals surface area contributed by atoms with Crippen molar-refractivity contribution in [1.29, 1.82) is 0 Å². The van der Waals surface area contributed by atoms with Gasteiger partial charge in [0.2, 0.25) is 0 Å². The van der Waals surface area contributed by atoms with Crippen LogP contribution in [0.1, 0.15) is 0 Å². The number of carboxylic acids is 1. The van der Waals surface area contributed by atoms with Crippen LogP contribution in [0, 0.1) is 0 Å². The highest BCUT2D eigenvalue weighted by Crippen LogP contribution is 2.34. The van der Waals surface area contributed by atoms with Crippen LogP contribution in [-0.2, 0) is 71.9 Å². The molecule has 0 spiro atoms. The van der Waals surface area contributed by atoms with Crippen LogP contribution in [0.25, 0.3) is 0 Å². The lowest BCUT2D eigenvalue weighted by Crippen LogP contribution is -2.66. The number of rotatable bonds is 12. The molecule has 2 aliphatic rings. The van der Waals surface area contributed by atoms with Crippen LogP contribution in [0.3, 0.4) is 0 Å². The average molecular weight is 623 g/mol. The van der Waals surface area contributed by atoms with Gasteiger partial charge >= 0.3 is 26.8 Å². The highest BCUT2D eigenvalue weighted by atomic mass is 32.3. The normalized spacial score (nSPS) is 37.1. The Bertz CT molecular complexity index is 1140. The second-order valence-electron chi connectivity index (χ2n) is 7.79. The van der Waals surface area contributed by atoms with E-state index in [0.29, 0.717) is 6.26 Å². The number of methoxy groups -OCH3 is 2. The Hall–Kier alpha value is -1.16. The molecule has 2 saturated heterocycles. The summed E-state index contributed by atoms with van der Waals surface area (Å²) in [5.41, 5.74) is 0. The van der Waals surface area contributed by atoms with Crippen LogP contribution in [0.15, 0.2) is 0 Å². The molecule has 2 heterocycles. The third kappa shape index (κ3) is 8.93. The second-order valence-corrected chi connectivity index (χ2v) is 11.5. The zero-order valence-corrected chi connectivity index (χ0v) is 22.0. The summed E-state index contributed by atoms with van der Waals surface area (Å²) in [5.74, 6) is -1.74. The molecule has 0 aromatic carbocycles. The Morgan fingerprint density at radius 1 is 0.816 bits per heavy atom. The van der Waals surface area contributed by atoms with Gasteiger partial charge in [0.25, 0.3) is 10.1 Å². The van der Waals surface area contributed by atoms with Gasteiger partial charge in [0.05, 0.1) is 12.9 Å². The van der Waals surface area contributed by atoms with E-state index >= 15 is 0 Å². The summed E-state index contributed by atoms with van der Waals surface area (Å²) in [7, 11) is -13.1. The number of hydrogen-bond donors (Lipinski definition) is 5. The minimum absolute atomic E-state index is 0.480. The second kappa shape index (κ2) is 12.6. The largest absolute Gasteiger partial charge is 0.479 e. The van der Waals surface area contributed by atoms with Gasteiger partial charge in [0.15, 0.2) is 24.8 Å². The standard InChI is InChI=1S/C15H26O20S3/c1-28-8-9(10(13(17)18)32-14(19)11(8)29-2)33-15-12(34-36(3,20)21)7(35-38(25,26)27)6(16)5(31-15)4-30-37(22,23)24/h5-12,14-16,19H,4H2,1-3H3,(H,17,18)(H,22,23,24)(H,25,26,27)/t5-,6-,7+,8+,9+,10-,11+,12-,14+,15-/m1/s1. The van der Waals surface area contributed by atoms with Gasteiger partial charge in [-0.05, 0) is 0 Å². The van der Waals surface area contributed by atoms with Crippen molar-refractivity contribution < 1.29 is 90.7 Å². The summed E-state index contributed by atoms with van der Waals surface area (Å²) in [5, 5.41) is 30.2. The van der Waals surface area contributed by atoms with E-state index in [1.165, 1.54) is 0 Å². The molecule has 0 radical (unpaired) electrons. The van der Waals surface area contributed by atoms with Gasteiger partial charge in [-0.2, -0.15) is 25.3 Å². The molecule has 0 aromatic heterocycles. The molecule has 2 aliphatic heterocycles. The van der Waals surface area contributed by atoms with Gasteiger partial charge in [0, 0.05) is 14.2 Å². The van der Waals surface area contributed by atoms with Crippen molar-refractivity contribution in [2.75, 3.05) is 27.1 Å². The number of carbonyl (C=O) groups is 1. The summed E-state index contributed by atoms with van der Waals surface area (Å²) < 4.78 is 126. The first kappa shape index (κ1) is 33.0. The fourth-order valence-corrected chi connectivity index (χ4v) is 5.11. The van der Waals surface area contributed by atoms with E-state index in [0.717, 1.165) is 14.2 Å². The molecule has 0 aliphatic carbocycles. The van der Waals surface area contributed by atoms with Crippen molar-refractivity contribution in [3.05, 3.63) is 0 Å². The van der Waals surface area contributed by atoms with Gasteiger partial charge in [0.1, 0.15) is 36.6 Å². The summed E-state index contributed by atoms with van der Waals surface area (Å²) in [4.78, 5) is 11.8. The van der Waals surface area contributed by atoms with E-state index < -0.39 is 105 Å². The third-order valence-corrected chi connectivity index (χ3v) is 6.58. The van der Waals surface area contributed by atoms with Crippen LogP contribution in [0.4, 0.5) is 0 Å². The average Bonchev–Trinajstić information content (AvgIpc) is 2.75. The predicted octanol–water partition coefficient (Wildman–Crippen LogP) is -4.36. The van der Waals surface area contributed by atoms with Crippen LogP contribution in [0.5, 0.6) is 0 Å². The molecule has 0 aromatic rings. The minimum atomic E-state index is -5.48. The lowest BCUT2D eigenvalue weighted by molar-refractivity contribution is -0.348. The van der Waals surface area contributed by atoms with E-state index in [2.05, 4.69) is 8.37 Å². The third-order valence-electron chi connectivity index (χ3n) is 5.11. The van der Waals surface area contributed by atoms with Gasteiger partial charge in [-0.1, -0.05) is 0 Å². The van der Waals surface area contributed by atoms with Crippen molar-refractivity contribution in [2.45, 2.75) is 61.4 Å². The molecule has 23 heteroatoms. The molecule has 38 heavy (non-hydrogen) atoms. The molecule has 224 valence electrons. The molecule has 2 rings (SSSR count). The first-order chi connectivity index (χ1) is 17.3. The molecular weight excluding hydrogens is 596 g/mol. The number of ether oxygens (including phenoxy) is 5. The Kier molecular flexibility index (Phi) is 10.9. The fourth-order valence-electron chi connectivity index (χ4n) is 3.69. The van der Waals surface area contributed by atoms with E-state index in [9.17, 15) is 49.9 Å². The summed E-state index contributed by atoms with van der Waals surface area (Å²) in [6.45, 7) is -1.26.